The second kappa shape index (κ2) is 8.31. The quantitative estimate of drug-likeness (QED) is 0.799. The fourth-order valence-corrected chi connectivity index (χ4v) is 3.39. The molecule has 0 aliphatic carbocycles. The predicted molar refractivity (Wildman–Crippen MR) is 102 cm³/mol. The number of benzene rings is 2. The fourth-order valence-electron chi connectivity index (χ4n) is 3.39. The van der Waals surface area contributed by atoms with Crippen LogP contribution >= 0.6 is 0 Å². The molecule has 4 rings (SSSR count). The Hall–Kier alpha value is -3.06. The first-order valence-electron chi connectivity index (χ1n) is 9.33. The number of hydrogen-bond donors (Lipinski definition) is 1. The summed E-state index contributed by atoms with van der Waals surface area (Å²) in [6.07, 6.45) is 0.0279. The van der Waals surface area contributed by atoms with Gasteiger partial charge < -0.3 is 19.5 Å². The summed E-state index contributed by atoms with van der Waals surface area (Å²) >= 11 is 0. The SMILES string of the molecule is O=C(C[C@@H]1C(=O)OCCN1Cc1ccccc1)Nc1ccc2c(c1)OCCO2. The molecular formula is C21H22N2O5. The van der Waals surface area contributed by atoms with Crippen molar-refractivity contribution in [2.24, 2.45) is 0 Å². The summed E-state index contributed by atoms with van der Waals surface area (Å²) in [7, 11) is 0. The van der Waals surface area contributed by atoms with E-state index in [9.17, 15) is 9.59 Å². The Labute approximate surface area is 163 Å². The zero-order valence-corrected chi connectivity index (χ0v) is 15.4. The number of fused-ring (bicyclic) bond motifs is 1. The molecule has 0 unspecified atom stereocenters. The van der Waals surface area contributed by atoms with Gasteiger partial charge in [0.2, 0.25) is 5.91 Å². The summed E-state index contributed by atoms with van der Waals surface area (Å²) < 4.78 is 16.2. The molecule has 0 saturated carbocycles. The first-order chi connectivity index (χ1) is 13.7. The molecule has 1 saturated heterocycles. The van der Waals surface area contributed by atoms with Crippen molar-refractivity contribution in [1.82, 2.24) is 4.90 Å². The van der Waals surface area contributed by atoms with Gasteiger partial charge in [0.25, 0.3) is 0 Å². The number of carbonyl (C=O) groups excluding carboxylic acids is 2. The van der Waals surface area contributed by atoms with E-state index in [1.165, 1.54) is 0 Å². The van der Waals surface area contributed by atoms with Crippen molar-refractivity contribution in [3.05, 3.63) is 54.1 Å². The maximum Gasteiger partial charge on any atom is 0.323 e. The average Bonchev–Trinajstić information content (AvgIpc) is 2.71. The second-order valence-corrected chi connectivity index (χ2v) is 6.75. The molecule has 0 aromatic heterocycles. The van der Waals surface area contributed by atoms with Gasteiger partial charge >= 0.3 is 5.97 Å². The number of nitrogens with zero attached hydrogens (tertiary/aromatic N) is 1. The molecule has 7 nitrogen and oxygen atoms in total. The largest absolute Gasteiger partial charge is 0.486 e. The molecular weight excluding hydrogens is 360 g/mol. The van der Waals surface area contributed by atoms with E-state index >= 15 is 0 Å². The topological polar surface area (TPSA) is 77.1 Å². The minimum Gasteiger partial charge on any atom is -0.486 e. The fraction of sp³-hybridized carbons (Fsp3) is 0.333. The van der Waals surface area contributed by atoms with E-state index in [1.807, 2.05) is 35.2 Å². The number of morpholine rings is 1. The predicted octanol–water partition coefficient (Wildman–Crippen LogP) is 2.21. The monoisotopic (exact) mass is 382 g/mol. The van der Waals surface area contributed by atoms with Gasteiger partial charge in [0.15, 0.2) is 11.5 Å². The lowest BCUT2D eigenvalue weighted by atomic mass is 10.1. The number of carbonyl (C=O) groups is 2. The summed E-state index contributed by atoms with van der Waals surface area (Å²) in [6.45, 7) is 2.53. The van der Waals surface area contributed by atoms with Crippen LogP contribution in [0.3, 0.4) is 0 Å². The molecule has 7 heteroatoms. The van der Waals surface area contributed by atoms with E-state index in [0.717, 1.165) is 5.56 Å². The number of hydrogen-bond acceptors (Lipinski definition) is 6. The van der Waals surface area contributed by atoms with Crippen LogP contribution in [0.25, 0.3) is 0 Å². The van der Waals surface area contributed by atoms with Crippen LogP contribution in [-0.2, 0) is 20.9 Å². The van der Waals surface area contributed by atoms with E-state index in [4.69, 9.17) is 14.2 Å². The number of ether oxygens (including phenoxy) is 3. The molecule has 2 heterocycles. The number of esters is 1. The molecule has 2 aromatic carbocycles. The first kappa shape index (κ1) is 18.3. The Balaban J connectivity index is 1.41. The van der Waals surface area contributed by atoms with Crippen molar-refractivity contribution in [2.45, 2.75) is 19.0 Å². The molecule has 0 spiro atoms. The Morgan fingerprint density at radius 1 is 1.00 bits per heavy atom. The molecule has 2 aliphatic heterocycles. The first-order valence-corrected chi connectivity index (χ1v) is 9.33. The van der Waals surface area contributed by atoms with Crippen LogP contribution < -0.4 is 14.8 Å². The zero-order valence-electron chi connectivity index (χ0n) is 15.4. The van der Waals surface area contributed by atoms with Gasteiger partial charge in [-0.05, 0) is 17.7 Å². The van der Waals surface area contributed by atoms with Crippen molar-refractivity contribution < 1.29 is 23.8 Å². The van der Waals surface area contributed by atoms with Gasteiger partial charge in [0, 0.05) is 24.8 Å². The normalized spacial score (nSPS) is 19.0. The molecule has 0 bridgehead atoms. The number of amides is 1. The Morgan fingerprint density at radius 2 is 1.79 bits per heavy atom. The van der Waals surface area contributed by atoms with Crippen LogP contribution in [-0.4, -0.2) is 49.2 Å². The van der Waals surface area contributed by atoms with Gasteiger partial charge in [-0.25, -0.2) is 0 Å². The third-order valence-electron chi connectivity index (χ3n) is 4.77. The van der Waals surface area contributed by atoms with Gasteiger partial charge in [-0.3, -0.25) is 14.5 Å². The second-order valence-electron chi connectivity index (χ2n) is 6.75. The van der Waals surface area contributed by atoms with E-state index in [1.54, 1.807) is 18.2 Å². The maximum atomic E-state index is 12.6. The van der Waals surface area contributed by atoms with Crippen LogP contribution in [0, 0.1) is 0 Å². The molecule has 28 heavy (non-hydrogen) atoms. The molecule has 2 aliphatic rings. The molecule has 1 fully saturated rings. The minimum absolute atomic E-state index is 0.0279. The van der Waals surface area contributed by atoms with Crippen LogP contribution in [0.15, 0.2) is 48.5 Å². The van der Waals surface area contributed by atoms with E-state index in [2.05, 4.69) is 5.32 Å². The standard InChI is InChI=1S/C21H22N2O5/c24-20(22-16-6-7-18-19(12-16)27-11-10-26-18)13-17-21(25)28-9-8-23(17)14-15-4-2-1-3-5-15/h1-7,12,17H,8-11,13-14H2,(H,22,24)/t17-/m1/s1. The van der Waals surface area contributed by atoms with E-state index in [-0.39, 0.29) is 18.3 Å². The highest BCUT2D eigenvalue weighted by atomic mass is 16.6. The molecule has 146 valence electrons. The van der Waals surface area contributed by atoms with Gasteiger partial charge in [0.1, 0.15) is 25.9 Å². The third kappa shape index (κ3) is 4.26. The smallest absolute Gasteiger partial charge is 0.323 e. The summed E-state index contributed by atoms with van der Waals surface area (Å²) in [5, 5.41) is 2.84. The van der Waals surface area contributed by atoms with Crippen LogP contribution in [0.5, 0.6) is 11.5 Å². The number of cyclic esters (lactones) is 1. The van der Waals surface area contributed by atoms with Gasteiger partial charge in [0.05, 0.1) is 6.42 Å². The summed E-state index contributed by atoms with van der Waals surface area (Å²) in [6, 6.07) is 14.5. The summed E-state index contributed by atoms with van der Waals surface area (Å²) in [5.41, 5.74) is 1.70. The number of anilines is 1. The molecule has 2 aromatic rings. The highest BCUT2D eigenvalue weighted by molar-refractivity contribution is 5.94. The lowest BCUT2D eigenvalue weighted by molar-refractivity contribution is -0.159. The Morgan fingerprint density at radius 3 is 2.61 bits per heavy atom. The van der Waals surface area contributed by atoms with E-state index < -0.39 is 6.04 Å². The highest BCUT2D eigenvalue weighted by Crippen LogP contribution is 2.32. The van der Waals surface area contributed by atoms with Crippen molar-refractivity contribution >= 4 is 17.6 Å². The van der Waals surface area contributed by atoms with Crippen molar-refractivity contribution in [2.75, 3.05) is 31.7 Å². The van der Waals surface area contributed by atoms with Gasteiger partial charge in [-0.2, -0.15) is 0 Å². The third-order valence-corrected chi connectivity index (χ3v) is 4.77. The van der Waals surface area contributed by atoms with Crippen molar-refractivity contribution in [3.63, 3.8) is 0 Å². The lowest BCUT2D eigenvalue weighted by Crippen LogP contribution is -2.49. The van der Waals surface area contributed by atoms with Crippen molar-refractivity contribution in [1.29, 1.82) is 0 Å². The maximum absolute atomic E-state index is 12.6. The Bertz CT molecular complexity index is 855. The van der Waals surface area contributed by atoms with Crippen LogP contribution in [0.4, 0.5) is 5.69 Å². The lowest BCUT2D eigenvalue weighted by Gasteiger charge is -2.33. The number of nitrogens with one attached hydrogen (secondary N) is 1. The van der Waals surface area contributed by atoms with Crippen LogP contribution in [0.1, 0.15) is 12.0 Å². The average molecular weight is 382 g/mol. The van der Waals surface area contributed by atoms with Crippen LogP contribution in [0.2, 0.25) is 0 Å². The number of rotatable bonds is 5. The minimum atomic E-state index is -0.605. The molecule has 0 radical (unpaired) electrons. The van der Waals surface area contributed by atoms with Gasteiger partial charge in [-0.15, -0.1) is 0 Å². The Kier molecular flexibility index (Phi) is 5.43. The van der Waals surface area contributed by atoms with E-state index in [0.29, 0.717) is 50.1 Å². The highest BCUT2D eigenvalue weighted by Gasteiger charge is 2.33. The summed E-state index contributed by atoms with van der Waals surface area (Å²) in [5.74, 6) is 0.652. The zero-order chi connectivity index (χ0) is 19.3. The summed E-state index contributed by atoms with van der Waals surface area (Å²) in [4.78, 5) is 26.9. The molecule has 1 N–H and O–H groups in total. The van der Waals surface area contributed by atoms with Gasteiger partial charge in [-0.1, -0.05) is 30.3 Å². The molecule has 1 amide bonds. The van der Waals surface area contributed by atoms with Crippen molar-refractivity contribution in [3.8, 4) is 11.5 Å². The molecule has 1 atom stereocenters.